The first-order valence-corrected chi connectivity index (χ1v) is 8.87. The van der Waals surface area contributed by atoms with Crippen molar-refractivity contribution in [3.8, 4) is 0 Å². The third-order valence-corrected chi connectivity index (χ3v) is 4.41. The zero-order valence-electron chi connectivity index (χ0n) is 15.5. The summed E-state index contributed by atoms with van der Waals surface area (Å²) in [7, 11) is 0. The average Bonchev–Trinajstić information content (AvgIpc) is 3.05. The molecule has 1 aromatic rings. The molecular formula is C18H28F3IN4O. The molecule has 154 valence electrons. The molecule has 1 aliphatic heterocycles. The zero-order valence-corrected chi connectivity index (χ0v) is 17.8. The van der Waals surface area contributed by atoms with E-state index in [2.05, 4.69) is 26.9 Å². The minimum absolute atomic E-state index is 0. The Morgan fingerprint density at radius 2 is 1.96 bits per heavy atom. The molecule has 1 aromatic carbocycles. The summed E-state index contributed by atoms with van der Waals surface area (Å²) < 4.78 is 40.8. The van der Waals surface area contributed by atoms with Gasteiger partial charge in [0.25, 0.3) is 0 Å². The number of rotatable bonds is 8. The lowest BCUT2D eigenvalue weighted by Crippen LogP contribution is -2.42. The SMILES string of the molecule is CCN1CCCC1CNC(N)=NCc1ccc(COCC(F)(F)F)cc1.I. The van der Waals surface area contributed by atoms with Crippen LogP contribution in [-0.4, -0.2) is 49.3 Å². The topological polar surface area (TPSA) is 62.9 Å². The Labute approximate surface area is 175 Å². The van der Waals surface area contributed by atoms with E-state index in [9.17, 15) is 13.2 Å². The quantitative estimate of drug-likeness (QED) is 0.327. The molecule has 1 unspecified atom stereocenters. The fourth-order valence-electron chi connectivity index (χ4n) is 3.02. The largest absolute Gasteiger partial charge is 0.411 e. The van der Waals surface area contributed by atoms with Gasteiger partial charge in [0.15, 0.2) is 5.96 Å². The van der Waals surface area contributed by atoms with Gasteiger partial charge in [-0.1, -0.05) is 31.2 Å². The molecule has 2 rings (SSSR count). The van der Waals surface area contributed by atoms with Crippen LogP contribution in [0.15, 0.2) is 29.3 Å². The molecule has 1 aliphatic rings. The number of alkyl halides is 3. The van der Waals surface area contributed by atoms with E-state index in [0.717, 1.165) is 25.2 Å². The van der Waals surface area contributed by atoms with Crippen LogP contribution >= 0.6 is 24.0 Å². The Morgan fingerprint density at radius 3 is 2.59 bits per heavy atom. The number of hydrogen-bond donors (Lipinski definition) is 2. The second kappa shape index (κ2) is 11.7. The molecule has 27 heavy (non-hydrogen) atoms. The number of likely N-dealkylation sites (N-methyl/N-ethyl adjacent to an activating group) is 1. The molecule has 0 spiro atoms. The van der Waals surface area contributed by atoms with Crippen LogP contribution in [0.3, 0.4) is 0 Å². The van der Waals surface area contributed by atoms with E-state index in [4.69, 9.17) is 5.73 Å². The third kappa shape index (κ3) is 9.11. The summed E-state index contributed by atoms with van der Waals surface area (Å²) in [4.78, 5) is 6.75. The Kier molecular flexibility index (Phi) is 10.4. The van der Waals surface area contributed by atoms with Gasteiger partial charge in [0, 0.05) is 12.6 Å². The predicted octanol–water partition coefficient (Wildman–Crippen LogP) is 3.27. The summed E-state index contributed by atoms with van der Waals surface area (Å²) in [5.41, 5.74) is 7.54. The first-order chi connectivity index (χ1) is 12.4. The van der Waals surface area contributed by atoms with E-state index < -0.39 is 12.8 Å². The highest BCUT2D eigenvalue weighted by atomic mass is 127. The number of hydrogen-bond acceptors (Lipinski definition) is 3. The number of nitrogens with zero attached hydrogens (tertiary/aromatic N) is 2. The average molecular weight is 500 g/mol. The van der Waals surface area contributed by atoms with Gasteiger partial charge >= 0.3 is 6.18 Å². The van der Waals surface area contributed by atoms with Gasteiger partial charge in [0.1, 0.15) is 6.61 Å². The lowest BCUT2D eigenvalue weighted by molar-refractivity contribution is -0.176. The molecule has 0 bridgehead atoms. The van der Waals surface area contributed by atoms with Gasteiger partial charge in [-0.2, -0.15) is 13.2 Å². The number of likely N-dealkylation sites (tertiary alicyclic amines) is 1. The molecule has 0 amide bonds. The van der Waals surface area contributed by atoms with Gasteiger partial charge in [-0.05, 0) is 37.1 Å². The van der Waals surface area contributed by atoms with Crippen molar-refractivity contribution in [2.24, 2.45) is 10.7 Å². The maximum atomic E-state index is 12.0. The molecule has 3 N–H and O–H groups in total. The van der Waals surface area contributed by atoms with E-state index in [1.54, 1.807) is 12.1 Å². The van der Waals surface area contributed by atoms with Crippen LogP contribution in [0.4, 0.5) is 13.2 Å². The molecule has 0 aliphatic carbocycles. The van der Waals surface area contributed by atoms with Crippen molar-refractivity contribution in [3.63, 3.8) is 0 Å². The predicted molar refractivity (Wildman–Crippen MR) is 111 cm³/mol. The van der Waals surface area contributed by atoms with Crippen molar-refractivity contribution in [3.05, 3.63) is 35.4 Å². The highest BCUT2D eigenvalue weighted by molar-refractivity contribution is 14.0. The summed E-state index contributed by atoms with van der Waals surface area (Å²) in [5, 5.41) is 3.17. The smallest absolute Gasteiger partial charge is 0.370 e. The fourth-order valence-corrected chi connectivity index (χ4v) is 3.02. The number of benzene rings is 1. The molecule has 1 saturated heterocycles. The van der Waals surface area contributed by atoms with Crippen LogP contribution in [0, 0.1) is 0 Å². The zero-order chi connectivity index (χ0) is 19.0. The van der Waals surface area contributed by atoms with Crippen LogP contribution in [-0.2, 0) is 17.9 Å². The molecule has 0 aromatic heterocycles. The Morgan fingerprint density at radius 1 is 1.30 bits per heavy atom. The minimum atomic E-state index is -4.30. The number of halogens is 4. The number of aliphatic imine (C=N–C) groups is 1. The summed E-state index contributed by atoms with van der Waals surface area (Å²) in [6, 6.07) is 7.62. The first kappa shape index (κ1) is 24.0. The molecular weight excluding hydrogens is 472 g/mol. The van der Waals surface area contributed by atoms with Crippen molar-refractivity contribution in [1.29, 1.82) is 0 Å². The maximum Gasteiger partial charge on any atom is 0.411 e. The van der Waals surface area contributed by atoms with Crippen molar-refractivity contribution in [2.45, 2.75) is 45.1 Å². The van der Waals surface area contributed by atoms with Crippen LogP contribution in [0.2, 0.25) is 0 Å². The fraction of sp³-hybridized carbons (Fsp3) is 0.611. The minimum Gasteiger partial charge on any atom is -0.370 e. The summed E-state index contributed by atoms with van der Waals surface area (Å²) in [6.07, 6.45) is -1.91. The van der Waals surface area contributed by atoms with Gasteiger partial charge in [0.2, 0.25) is 0 Å². The lowest BCUT2D eigenvalue weighted by Gasteiger charge is -2.23. The van der Waals surface area contributed by atoms with E-state index in [1.807, 2.05) is 12.1 Å². The third-order valence-electron chi connectivity index (χ3n) is 4.41. The Bertz CT molecular complexity index is 581. The van der Waals surface area contributed by atoms with Crippen LogP contribution in [0.1, 0.15) is 30.9 Å². The second-order valence-corrected chi connectivity index (χ2v) is 6.43. The summed E-state index contributed by atoms with van der Waals surface area (Å²) in [5.74, 6) is 0.408. The summed E-state index contributed by atoms with van der Waals surface area (Å²) in [6.45, 7) is 4.25. The number of nitrogens with two attached hydrogens (primary N) is 1. The maximum absolute atomic E-state index is 12.0. The number of ether oxygens (including phenoxy) is 1. The van der Waals surface area contributed by atoms with Crippen molar-refractivity contribution < 1.29 is 17.9 Å². The van der Waals surface area contributed by atoms with Crippen LogP contribution in [0.5, 0.6) is 0 Å². The van der Waals surface area contributed by atoms with Crippen LogP contribution < -0.4 is 11.1 Å². The van der Waals surface area contributed by atoms with Crippen molar-refractivity contribution in [1.82, 2.24) is 10.2 Å². The molecule has 5 nitrogen and oxygen atoms in total. The molecule has 1 heterocycles. The van der Waals surface area contributed by atoms with E-state index >= 15 is 0 Å². The van der Waals surface area contributed by atoms with E-state index in [1.165, 1.54) is 12.8 Å². The Hall–Kier alpha value is -1.07. The standard InChI is InChI=1S/C18H27F3N4O.HI/c1-2-25-9-3-4-16(25)11-24-17(22)23-10-14-5-7-15(8-6-14)12-26-13-18(19,20)21;/h5-8,16H,2-4,9-13H2,1H3,(H3,22,23,24);1H. The number of nitrogens with one attached hydrogen (secondary N) is 1. The second-order valence-electron chi connectivity index (χ2n) is 6.43. The number of guanidine groups is 1. The van der Waals surface area contributed by atoms with Crippen molar-refractivity contribution in [2.75, 3.05) is 26.2 Å². The Balaban J connectivity index is 0.00000364. The van der Waals surface area contributed by atoms with Gasteiger partial charge in [-0.15, -0.1) is 24.0 Å². The molecule has 0 saturated carbocycles. The van der Waals surface area contributed by atoms with E-state index in [-0.39, 0.29) is 30.6 Å². The molecule has 9 heteroatoms. The van der Waals surface area contributed by atoms with Gasteiger partial charge in [-0.25, -0.2) is 4.99 Å². The summed E-state index contributed by atoms with van der Waals surface area (Å²) >= 11 is 0. The molecule has 1 fully saturated rings. The monoisotopic (exact) mass is 500 g/mol. The molecule has 1 atom stereocenters. The highest BCUT2D eigenvalue weighted by Gasteiger charge is 2.27. The van der Waals surface area contributed by atoms with Gasteiger partial charge in [-0.3, -0.25) is 4.90 Å². The highest BCUT2D eigenvalue weighted by Crippen LogP contribution is 2.16. The van der Waals surface area contributed by atoms with Crippen molar-refractivity contribution >= 4 is 29.9 Å². The lowest BCUT2D eigenvalue weighted by atomic mass is 10.1. The van der Waals surface area contributed by atoms with E-state index in [0.29, 0.717) is 24.1 Å². The normalized spacial score (nSPS) is 18.4. The van der Waals surface area contributed by atoms with Gasteiger partial charge < -0.3 is 15.8 Å². The van der Waals surface area contributed by atoms with Crippen LogP contribution in [0.25, 0.3) is 0 Å². The first-order valence-electron chi connectivity index (χ1n) is 8.87. The van der Waals surface area contributed by atoms with Gasteiger partial charge in [0.05, 0.1) is 13.2 Å². The molecule has 0 radical (unpaired) electrons.